The summed E-state index contributed by atoms with van der Waals surface area (Å²) in [5, 5.41) is 2.88. The largest absolute Gasteiger partial charge is 0.459 e. The van der Waals surface area contributed by atoms with Gasteiger partial charge in [0.15, 0.2) is 0 Å². The minimum Gasteiger partial charge on any atom is -0.459 e. The van der Waals surface area contributed by atoms with Crippen LogP contribution in [0.3, 0.4) is 0 Å². The van der Waals surface area contributed by atoms with E-state index in [1.165, 1.54) is 36.3 Å². The Bertz CT molecular complexity index is 1130. The van der Waals surface area contributed by atoms with E-state index in [9.17, 15) is 27.6 Å². The maximum atomic E-state index is 12.9. The first-order valence-corrected chi connectivity index (χ1v) is 14.8. The van der Waals surface area contributed by atoms with E-state index in [2.05, 4.69) is 24.4 Å². The highest BCUT2D eigenvalue weighted by Gasteiger charge is 2.30. The molecular formula is C33H43F3N2O4. The van der Waals surface area contributed by atoms with Crippen molar-refractivity contribution in [1.82, 2.24) is 4.90 Å². The fourth-order valence-corrected chi connectivity index (χ4v) is 4.31. The normalized spacial score (nSPS) is 11.5. The average Bonchev–Trinajstić information content (AvgIpc) is 2.96. The fourth-order valence-electron chi connectivity index (χ4n) is 4.31. The molecule has 9 heteroatoms. The molecule has 0 aliphatic rings. The molecule has 0 saturated carbocycles. The van der Waals surface area contributed by atoms with Crippen LogP contribution < -0.4 is 5.32 Å². The second-order valence-electron chi connectivity index (χ2n) is 10.2. The predicted molar refractivity (Wildman–Crippen MR) is 158 cm³/mol. The molecule has 0 spiro atoms. The highest BCUT2D eigenvalue weighted by atomic mass is 19.4. The molecule has 1 N–H and O–H groups in total. The smallest absolute Gasteiger partial charge is 0.416 e. The van der Waals surface area contributed by atoms with Gasteiger partial charge in [-0.25, -0.2) is 4.79 Å². The quantitative estimate of drug-likeness (QED) is 0.0875. The third kappa shape index (κ3) is 13.4. The zero-order valence-electron chi connectivity index (χ0n) is 24.7. The fraction of sp³-hybridized carbons (Fsp3) is 0.485. The van der Waals surface area contributed by atoms with Gasteiger partial charge in [0.1, 0.15) is 0 Å². The van der Waals surface area contributed by atoms with Crippen molar-refractivity contribution in [1.29, 1.82) is 0 Å². The Hall–Kier alpha value is -3.62. The molecule has 0 radical (unpaired) electrons. The van der Waals surface area contributed by atoms with Crippen molar-refractivity contribution < 1.29 is 32.3 Å². The topological polar surface area (TPSA) is 75.7 Å². The molecule has 0 atom stereocenters. The number of esters is 1. The molecule has 2 aromatic rings. The van der Waals surface area contributed by atoms with Gasteiger partial charge in [-0.2, -0.15) is 13.2 Å². The molecule has 0 heterocycles. The van der Waals surface area contributed by atoms with E-state index >= 15 is 0 Å². The molecule has 0 unspecified atom stereocenters. The SMILES string of the molecule is CCCC/C=C/CCCCCCCC(=O)Nc1ccc(CN(Cc2ccc(C(F)(F)F)cc2)C(=O)C(=O)OCC)cc1. The van der Waals surface area contributed by atoms with Crippen molar-refractivity contribution in [2.75, 3.05) is 11.9 Å². The Balaban J connectivity index is 1.84. The summed E-state index contributed by atoms with van der Waals surface area (Å²) in [5.41, 5.74) is 0.930. The molecule has 0 aliphatic heterocycles. The van der Waals surface area contributed by atoms with Gasteiger partial charge >= 0.3 is 18.1 Å². The first-order valence-electron chi connectivity index (χ1n) is 14.8. The molecule has 0 saturated heterocycles. The number of amides is 2. The maximum absolute atomic E-state index is 12.9. The monoisotopic (exact) mass is 588 g/mol. The highest BCUT2D eigenvalue weighted by Crippen LogP contribution is 2.29. The number of nitrogens with one attached hydrogen (secondary N) is 1. The second kappa shape index (κ2) is 18.7. The molecule has 6 nitrogen and oxygen atoms in total. The summed E-state index contributed by atoms with van der Waals surface area (Å²) in [4.78, 5) is 38.4. The number of anilines is 1. The lowest BCUT2D eigenvalue weighted by Gasteiger charge is -2.22. The number of halogens is 3. The molecule has 42 heavy (non-hydrogen) atoms. The van der Waals surface area contributed by atoms with Crippen LogP contribution in [0.15, 0.2) is 60.7 Å². The molecule has 2 aromatic carbocycles. The van der Waals surface area contributed by atoms with Gasteiger partial charge in [-0.3, -0.25) is 9.59 Å². The minimum absolute atomic E-state index is 0.0177. The van der Waals surface area contributed by atoms with Crippen LogP contribution in [-0.4, -0.2) is 29.3 Å². The van der Waals surface area contributed by atoms with E-state index in [4.69, 9.17) is 4.74 Å². The van der Waals surface area contributed by atoms with Crippen molar-refractivity contribution >= 4 is 23.5 Å². The minimum atomic E-state index is -4.47. The number of rotatable bonds is 17. The number of carbonyl (C=O) groups is 3. The Morgan fingerprint density at radius 2 is 1.33 bits per heavy atom. The van der Waals surface area contributed by atoms with Gasteiger partial charge in [0.05, 0.1) is 12.2 Å². The summed E-state index contributed by atoms with van der Waals surface area (Å²) in [7, 11) is 0. The zero-order valence-corrected chi connectivity index (χ0v) is 24.7. The Kier molecular flexibility index (Phi) is 15.4. The van der Waals surface area contributed by atoms with Gasteiger partial charge < -0.3 is 15.0 Å². The van der Waals surface area contributed by atoms with Gasteiger partial charge in [-0.1, -0.05) is 75.4 Å². The summed E-state index contributed by atoms with van der Waals surface area (Å²) in [5.74, 6) is -1.99. The lowest BCUT2D eigenvalue weighted by atomic mass is 10.1. The number of benzene rings is 2. The predicted octanol–water partition coefficient (Wildman–Crippen LogP) is 8.21. The Morgan fingerprint density at radius 1 is 0.786 bits per heavy atom. The van der Waals surface area contributed by atoms with Crippen LogP contribution in [-0.2, 0) is 38.4 Å². The third-order valence-electron chi connectivity index (χ3n) is 6.67. The van der Waals surface area contributed by atoms with Gasteiger partial charge in [0.25, 0.3) is 0 Å². The van der Waals surface area contributed by atoms with E-state index in [0.29, 0.717) is 23.2 Å². The summed E-state index contributed by atoms with van der Waals surface area (Å²) < 4.78 is 43.6. The van der Waals surface area contributed by atoms with E-state index in [-0.39, 0.29) is 25.6 Å². The first kappa shape index (κ1) is 34.6. The van der Waals surface area contributed by atoms with Crippen LogP contribution in [0.25, 0.3) is 0 Å². The van der Waals surface area contributed by atoms with E-state index in [1.54, 1.807) is 31.2 Å². The number of allylic oxidation sites excluding steroid dienone is 2. The van der Waals surface area contributed by atoms with Crippen LogP contribution in [0.1, 0.15) is 94.7 Å². The zero-order chi connectivity index (χ0) is 30.8. The van der Waals surface area contributed by atoms with Crippen LogP contribution in [0.4, 0.5) is 18.9 Å². The number of hydrogen-bond donors (Lipinski definition) is 1. The number of nitrogens with zero attached hydrogens (tertiary/aromatic N) is 1. The standard InChI is InChI=1S/C33H43F3N2O4/c1-3-5-6-7-8-9-10-11-12-13-14-15-30(39)37-29-22-18-27(19-23-29)25-38(31(40)32(41)42-4-2)24-26-16-20-28(21-17-26)33(34,35)36/h7-8,16-23H,3-6,9-15,24-25H2,1-2H3,(H,37,39)/b8-7+. The van der Waals surface area contributed by atoms with Crippen LogP contribution in [0, 0.1) is 0 Å². The molecule has 0 fully saturated rings. The number of carbonyl (C=O) groups excluding carboxylic acids is 3. The lowest BCUT2D eigenvalue weighted by Crippen LogP contribution is -2.36. The van der Waals surface area contributed by atoms with Crippen LogP contribution in [0.2, 0.25) is 0 Å². The number of alkyl halides is 3. The summed E-state index contributed by atoms with van der Waals surface area (Å²) in [6.45, 7) is 3.74. The van der Waals surface area contributed by atoms with Crippen molar-refractivity contribution in [3.05, 3.63) is 77.4 Å². The van der Waals surface area contributed by atoms with Gasteiger partial charge in [-0.05, 0) is 68.0 Å². The summed E-state index contributed by atoms with van der Waals surface area (Å²) >= 11 is 0. The van der Waals surface area contributed by atoms with Crippen molar-refractivity contribution in [2.45, 2.75) is 97.3 Å². The number of hydrogen-bond acceptors (Lipinski definition) is 4. The Labute approximate surface area is 247 Å². The third-order valence-corrected chi connectivity index (χ3v) is 6.67. The first-order chi connectivity index (χ1) is 20.1. The van der Waals surface area contributed by atoms with Crippen LogP contribution >= 0.6 is 0 Å². The van der Waals surface area contributed by atoms with Gasteiger partial charge in [0.2, 0.25) is 5.91 Å². The van der Waals surface area contributed by atoms with E-state index in [0.717, 1.165) is 50.7 Å². The summed E-state index contributed by atoms with van der Waals surface area (Å²) in [6, 6.07) is 11.3. The highest BCUT2D eigenvalue weighted by molar-refractivity contribution is 6.32. The van der Waals surface area contributed by atoms with Crippen molar-refractivity contribution in [2.24, 2.45) is 0 Å². The maximum Gasteiger partial charge on any atom is 0.416 e. The molecule has 2 rings (SSSR count). The molecule has 2 amide bonds. The molecule has 0 aromatic heterocycles. The van der Waals surface area contributed by atoms with E-state index < -0.39 is 23.6 Å². The van der Waals surface area contributed by atoms with Crippen molar-refractivity contribution in [3.8, 4) is 0 Å². The number of ether oxygens (including phenoxy) is 1. The number of unbranched alkanes of at least 4 members (excludes halogenated alkanes) is 7. The lowest BCUT2D eigenvalue weighted by molar-refractivity contribution is -0.160. The Morgan fingerprint density at radius 3 is 1.90 bits per heavy atom. The molecule has 0 bridgehead atoms. The molecule has 0 aliphatic carbocycles. The van der Waals surface area contributed by atoms with Gasteiger partial charge in [-0.15, -0.1) is 0 Å². The molecular weight excluding hydrogens is 545 g/mol. The van der Waals surface area contributed by atoms with Crippen LogP contribution in [0.5, 0.6) is 0 Å². The summed E-state index contributed by atoms with van der Waals surface area (Å²) in [6.07, 6.45) is 10.5. The van der Waals surface area contributed by atoms with Crippen molar-refractivity contribution in [3.63, 3.8) is 0 Å². The second-order valence-corrected chi connectivity index (χ2v) is 10.2. The van der Waals surface area contributed by atoms with E-state index in [1.807, 2.05) is 0 Å². The average molecular weight is 589 g/mol. The van der Waals surface area contributed by atoms with Gasteiger partial charge in [0, 0.05) is 25.2 Å². The molecule has 230 valence electrons.